The Morgan fingerprint density at radius 3 is 2.33 bits per heavy atom. The fourth-order valence-corrected chi connectivity index (χ4v) is 3.38. The van der Waals surface area contributed by atoms with Crippen molar-refractivity contribution in [3.63, 3.8) is 0 Å². The first kappa shape index (κ1) is 23.1. The van der Waals surface area contributed by atoms with Crippen LogP contribution in [0.25, 0.3) is 0 Å². The van der Waals surface area contributed by atoms with E-state index >= 15 is 0 Å². The van der Waals surface area contributed by atoms with Gasteiger partial charge in [-0.2, -0.15) is 0 Å². The predicted molar refractivity (Wildman–Crippen MR) is 113 cm³/mol. The Hall–Kier alpha value is -1.96. The highest BCUT2D eigenvalue weighted by atomic mass is 35.5. The lowest BCUT2D eigenvalue weighted by molar-refractivity contribution is 0.0755. The molecule has 27 heavy (non-hydrogen) atoms. The van der Waals surface area contributed by atoms with Crippen LogP contribution in [0.1, 0.15) is 52.5 Å². The number of anilines is 1. The second-order valence-corrected chi connectivity index (χ2v) is 6.93. The second-order valence-electron chi connectivity index (χ2n) is 5.99. The normalized spacial score (nSPS) is 10.2. The minimum Gasteiger partial charge on any atom is -0.339 e. The number of hydrogen-bond acceptors (Lipinski definition) is 5. The number of nitrogens with one attached hydrogen (secondary N) is 1. The number of halogens is 1. The summed E-state index contributed by atoms with van der Waals surface area (Å²) in [6, 6.07) is 6.98. The summed E-state index contributed by atoms with van der Waals surface area (Å²) in [7, 11) is 0. The van der Waals surface area contributed by atoms with Crippen molar-refractivity contribution in [2.75, 3.05) is 25.0 Å². The van der Waals surface area contributed by atoms with Gasteiger partial charge in [-0.05, 0) is 43.7 Å². The molecule has 0 saturated heterocycles. The smallest absolute Gasteiger partial charge is 0.275 e. The summed E-state index contributed by atoms with van der Waals surface area (Å²) in [5.74, 6) is -0.236. The number of thiazole rings is 1. The highest BCUT2D eigenvalue weighted by molar-refractivity contribution is 7.09. The lowest BCUT2D eigenvalue weighted by Crippen LogP contribution is -2.32. The molecule has 2 amide bonds. The highest BCUT2D eigenvalue weighted by Gasteiger charge is 2.15. The maximum atomic E-state index is 12.6. The first-order valence-corrected chi connectivity index (χ1v) is 9.82. The number of rotatable bonds is 9. The van der Waals surface area contributed by atoms with Crippen molar-refractivity contribution in [3.8, 4) is 0 Å². The van der Waals surface area contributed by atoms with Crippen LogP contribution in [0.3, 0.4) is 0 Å². The summed E-state index contributed by atoms with van der Waals surface area (Å²) in [5.41, 5.74) is 7.15. The molecular weight excluding hydrogens is 384 g/mol. The van der Waals surface area contributed by atoms with E-state index in [1.54, 1.807) is 29.6 Å². The van der Waals surface area contributed by atoms with E-state index in [0.717, 1.165) is 30.9 Å². The highest BCUT2D eigenvalue weighted by Crippen LogP contribution is 2.15. The van der Waals surface area contributed by atoms with Crippen molar-refractivity contribution in [1.82, 2.24) is 9.88 Å². The first-order valence-electron chi connectivity index (χ1n) is 8.94. The number of amides is 2. The van der Waals surface area contributed by atoms with Crippen molar-refractivity contribution in [1.29, 1.82) is 0 Å². The van der Waals surface area contributed by atoms with E-state index in [1.807, 2.05) is 4.90 Å². The number of aromatic nitrogens is 1. The molecule has 0 aliphatic heterocycles. The molecule has 0 bridgehead atoms. The van der Waals surface area contributed by atoms with Crippen LogP contribution in [-0.2, 0) is 6.42 Å². The molecule has 0 fully saturated rings. The minimum absolute atomic E-state index is 0. The van der Waals surface area contributed by atoms with E-state index in [9.17, 15) is 9.59 Å². The molecule has 3 N–H and O–H groups in total. The Bertz CT molecular complexity index is 728. The van der Waals surface area contributed by atoms with Gasteiger partial charge < -0.3 is 16.0 Å². The number of hydrogen-bond donors (Lipinski definition) is 2. The van der Waals surface area contributed by atoms with Crippen LogP contribution < -0.4 is 11.1 Å². The SMILES string of the molecule is CCCN(CCC)C(=O)c1ccc(NC(=O)c2csc(CCN)n2)cc1.Cl. The quantitative estimate of drug-likeness (QED) is 0.661. The Morgan fingerprint density at radius 2 is 1.78 bits per heavy atom. The molecule has 2 aromatic rings. The van der Waals surface area contributed by atoms with Gasteiger partial charge in [0.2, 0.25) is 0 Å². The fourth-order valence-electron chi connectivity index (χ4n) is 2.58. The molecule has 0 saturated carbocycles. The average molecular weight is 411 g/mol. The summed E-state index contributed by atoms with van der Waals surface area (Å²) in [6.45, 7) is 6.13. The van der Waals surface area contributed by atoms with Crippen LogP contribution in [0.4, 0.5) is 5.69 Å². The van der Waals surface area contributed by atoms with Gasteiger partial charge in [0.25, 0.3) is 11.8 Å². The van der Waals surface area contributed by atoms with Crippen LogP contribution in [0.5, 0.6) is 0 Å². The molecule has 1 heterocycles. The van der Waals surface area contributed by atoms with Gasteiger partial charge in [-0.3, -0.25) is 9.59 Å². The van der Waals surface area contributed by atoms with Gasteiger partial charge in [-0.1, -0.05) is 13.8 Å². The van der Waals surface area contributed by atoms with Crippen LogP contribution >= 0.6 is 23.7 Å². The van der Waals surface area contributed by atoms with Crippen LogP contribution in [0.2, 0.25) is 0 Å². The number of nitrogens with two attached hydrogens (primary N) is 1. The topological polar surface area (TPSA) is 88.3 Å². The standard InChI is InChI=1S/C19H26N4O2S.ClH/c1-3-11-23(12-4-2)19(25)14-5-7-15(8-6-14)21-18(24)16-13-26-17(22-16)9-10-20;/h5-8,13H,3-4,9-12,20H2,1-2H3,(H,21,24);1H. The Labute approximate surface area is 170 Å². The van der Waals surface area contributed by atoms with Crippen LogP contribution in [-0.4, -0.2) is 41.3 Å². The summed E-state index contributed by atoms with van der Waals surface area (Å²) in [6.07, 6.45) is 2.53. The molecule has 8 heteroatoms. The van der Waals surface area contributed by atoms with Gasteiger partial charge in [0.05, 0.1) is 5.01 Å². The fraction of sp³-hybridized carbons (Fsp3) is 0.421. The van der Waals surface area contributed by atoms with Gasteiger partial charge in [0.1, 0.15) is 5.69 Å². The summed E-state index contributed by atoms with van der Waals surface area (Å²) in [5, 5.41) is 5.39. The van der Waals surface area contributed by atoms with Gasteiger partial charge in [-0.25, -0.2) is 4.98 Å². The van der Waals surface area contributed by atoms with E-state index in [-0.39, 0.29) is 24.2 Å². The molecule has 0 aliphatic carbocycles. The van der Waals surface area contributed by atoms with Gasteiger partial charge in [-0.15, -0.1) is 23.7 Å². The van der Waals surface area contributed by atoms with Gasteiger partial charge in [0.15, 0.2) is 0 Å². The van der Waals surface area contributed by atoms with E-state index in [4.69, 9.17) is 5.73 Å². The Morgan fingerprint density at radius 1 is 1.15 bits per heavy atom. The molecule has 0 unspecified atom stereocenters. The van der Waals surface area contributed by atoms with Gasteiger partial charge in [0, 0.05) is 36.1 Å². The van der Waals surface area contributed by atoms with Crippen LogP contribution in [0, 0.1) is 0 Å². The van der Waals surface area contributed by atoms with Crippen molar-refractivity contribution in [2.24, 2.45) is 5.73 Å². The molecule has 1 aromatic heterocycles. The maximum Gasteiger partial charge on any atom is 0.275 e. The van der Waals surface area contributed by atoms with E-state index < -0.39 is 0 Å². The van der Waals surface area contributed by atoms with E-state index in [1.165, 1.54) is 11.3 Å². The maximum absolute atomic E-state index is 12.6. The zero-order valence-electron chi connectivity index (χ0n) is 15.7. The molecule has 148 valence electrons. The first-order chi connectivity index (χ1) is 12.6. The molecule has 1 aromatic carbocycles. The lowest BCUT2D eigenvalue weighted by Gasteiger charge is -2.21. The number of carbonyl (C=O) groups is 2. The summed E-state index contributed by atoms with van der Waals surface area (Å²) < 4.78 is 0. The van der Waals surface area contributed by atoms with Crippen molar-refractivity contribution >= 4 is 41.2 Å². The Kier molecular flexibility index (Phi) is 9.99. The summed E-state index contributed by atoms with van der Waals surface area (Å²) in [4.78, 5) is 31.0. The third kappa shape index (κ3) is 6.61. The van der Waals surface area contributed by atoms with Crippen LogP contribution in [0.15, 0.2) is 29.6 Å². The third-order valence-corrected chi connectivity index (χ3v) is 4.72. The van der Waals surface area contributed by atoms with Gasteiger partial charge >= 0.3 is 0 Å². The minimum atomic E-state index is -0.262. The molecular formula is C19H27ClN4O2S. The number of carbonyl (C=O) groups excluding carboxylic acids is 2. The largest absolute Gasteiger partial charge is 0.339 e. The predicted octanol–water partition coefficient (Wildman–Crippen LogP) is 3.58. The zero-order valence-corrected chi connectivity index (χ0v) is 17.4. The van der Waals surface area contributed by atoms with Crippen molar-refractivity contribution in [3.05, 3.63) is 45.9 Å². The van der Waals surface area contributed by atoms with Crippen molar-refractivity contribution in [2.45, 2.75) is 33.1 Å². The molecule has 0 spiro atoms. The number of nitrogens with zero attached hydrogens (tertiary/aromatic N) is 2. The van der Waals surface area contributed by atoms with E-state index in [2.05, 4.69) is 24.1 Å². The number of benzene rings is 1. The van der Waals surface area contributed by atoms with E-state index in [0.29, 0.717) is 29.9 Å². The third-order valence-electron chi connectivity index (χ3n) is 3.81. The molecule has 2 rings (SSSR count). The zero-order chi connectivity index (χ0) is 18.9. The molecule has 0 radical (unpaired) electrons. The average Bonchev–Trinajstić information content (AvgIpc) is 3.11. The molecule has 0 aliphatic rings. The Balaban J connectivity index is 0.00000364. The summed E-state index contributed by atoms with van der Waals surface area (Å²) >= 11 is 1.43. The monoisotopic (exact) mass is 410 g/mol. The molecule has 0 atom stereocenters. The lowest BCUT2D eigenvalue weighted by atomic mass is 10.1. The second kappa shape index (κ2) is 11.7. The van der Waals surface area contributed by atoms with Crippen molar-refractivity contribution < 1.29 is 9.59 Å². The molecule has 6 nitrogen and oxygen atoms in total.